The molecular weight excluding hydrogens is 404 g/mol. The van der Waals surface area contributed by atoms with E-state index >= 15 is 0 Å². The Labute approximate surface area is 170 Å². The van der Waals surface area contributed by atoms with E-state index in [0.29, 0.717) is 12.3 Å². The summed E-state index contributed by atoms with van der Waals surface area (Å²) < 4.78 is 6.71. The third-order valence-corrected chi connectivity index (χ3v) is 5.44. The highest BCUT2D eigenvalue weighted by Crippen LogP contribution is 2.18. The van der Waals surface area contributed by atoms with Crippen LogP contribution in [0.3, 0.4) is 0 Å². The van der Waals surface area contributed by atoms with E-state index in [9.17, 15) is 4.79 Å². The van der Waals surface area contributed by atoms with Crippen LogP contribution in [0.5, 0.6) is 5.75 Å². The van der Waals surface area contributed by atoms with Gasteiger partial charge in [-0.05, 0) is 68.2 Å². The largest absolute Gasteiger partial charge is 0.481 e. The summed E-state index contributed by atoms with van der Waals surface area (Å²) in [5.74, 6) is 0.581. The maximum Gasteiger partial charge on any atom is 0.261 e. The van der Waals surface area contributed by atoms with Gasteiger partial charge in [0.2, 0.25) is 0 Å². The molecule has 1 atom stereocenters. The molecule has 1 aliphatic rings. The molecule has 0 aliphatic carbocycles. The highest BCUT2D eigenvalue weighted by Gasteiger charge is 2.16. The van der Waals surface area contributed by atoms with Gasteiger partial charge in [0.1, 0.15) is 5.75 Å². The average molecular weight is 431 g/mol. The lowest BCUT2D eigenvalue weighted by Crippen LogP contribution is -2.36. The SMILES string of the molecule is C[C@@H](Oc1ccc(Br)cc1)C(=O)NCc1ccccc1CN1CCCCC1. The number of halogens is 1. The number of carbonyl (C=O) groups is 1. The Hall–Kier alpha value is -1.85. The number of benzene rings is 2. The molecule has 3 rings (SSSR count). The molecule has 1 saturated heterocycles. The van der Waals surface area contributed by atoms with Crippen LogP contribution in [0.1, 0.15) is 37.3 Å². The van der Waals surface area contributed by atoms with Crippen LogP contribution in [0.25, 0.3) is 0 Å². The molecular formula is C22H27BrN2O2. The van der Waals surface area contributed by atoms with Gasteiger partial charge in [-0.25, -0.2) is 0 Å². The van der Waals surface area contributed by atoms with E-state index in [0.717, 1.165) is 11.0 Å². The maximum absolute atomic E-state index is 12.4. The zero-order valence-electron chi connectivity index (χ0n) is 15.8. The number of nitrogens with one attached hydrogen (secondary N) is 1. The molecule has 0 radical (unpaired) electrons. The quantitative estimate of drug-likeness (QED) is 0.701. The fraction of sp³-hybridized carbons (Fsp3) is 0.409. The molecule has 1 amide bonds. The van der Waals surface area contributed by atoms with Crippen LogP contribution in [0.4, 0.5) is 0 Å². The second-order valence-electron chi connectivity index (χ2n) is 7.04. The molecule has 1 heterocycles. The summed E-state index contributed by atoms with van der Waals surface area (Å²) in [7, 11) is 0. The Bertz CT molecular complexity index is 742. The molecule has 4 nitrogen and oxygen atoms in total. The molecule has 0 unspecified atom stereocenters. The first-order valence-electron chi connectivity index (χ1n) is 9.61. The van der Waals surface area contributed by atoms with Crippen LogP contribution in [0.15, 0.2) is 53.0 Å². The van der Waals surface area contributed by atoms with E-state index in [-0.39, 0.29) is 5.91 Å². The first-order valence-corrected chi connectivity index (χ1v) is 10.4. The number of hydrogen-bond acceptors (Lipinski definition) is 3. The van der Waals surface area contributed by atoms with Gasteiger partial charge in [-0.2, -0.15) is 0 Å². The average Bonchev–Trinajstić information content (AvgIpc) is 2.69. The molecule has 0 spiro atoms. The summed E-state index contributed by atoms with van der Waals surface area (Å²) in [6.07, 6.45) is 3.36. The minimum absolute atomic E-state index is 0.106. The van der Waals surface area contributed by atoms with Gasteiger partial charge >= 0.3 is 0 Å². The van der Waals surface area contributed by atoms with E-state index in [1.165, 1.54) is 43.5 Å². The lowest BCUT2D eigenvalue weighted by molar-refractivity contribution is -0.127. The van der Waals surface area contributed by atoms with Gasteiger partial charge in [0.15, 0.2) is 6.10 Å². The predicted molar refractivity (Wildman–Crippen MR) is 112 cm³/mol. The number of nitrogens with zero attached hydrogens (tertiary/aromatic N) is 1. The molecule has 0 aromatic heterocycles. The summed E-state index contributed by atoms with van der Waals surface area (Å²) in [4.78, 5) is 14.9. The van der Waals surface area contributed by atoms with E-state index < -0.39 is 6.10 Å². The summed E-state index contributed by atoms with van der Waals surface area (Å²) >= 11 is 3.40. The summed E-state index contributed by atoms with van der Waals surface area (Å²) in [5, 5.41) is 3.02. The van der Waals surface area contributed by atoms with Crippen LogP contribution in [-0.4, -0.2) is 30.0 Å². The minimum atomic E-state index is -0.541. The standard InChI is InChI=1S/C22H27BrN2O2/c1-17(27-21-11-9-20(23)10-12-21)22(26)24-15-18-7-3-4-8-19(18)16-25-13-5-2-6-14-25/h3-4,7-12,17H,2,5-6,13-16H2,1H3,(H,24,26)/t17-/m1/s1. The van der Waals surface area contributed by atoms with Crippen molar-refractivity contribution >= 4 is 21.8 Å². The number of piperidine rings is 1. The van der Waals surface area contributed by atoms with Gasteiger partial charge in [0.25, 0.3) is 5.91 Å². The van der Waals surface area contributed by atoms with Crippen molar-refractivity contribution in [2.24, 2.45) is 0 Å². The highest BCUT2D eigenvalue weighted by molar-refractivity contribution is 9.10. The van der Waals surface area contributed by atoms with Gasteiger partial charge < -0.3 is 10.1 Å². The van der Waals surface area contributed by atoms with Crippen LogP contribution in [0, 0.1) is 0 Å². The molecule has 1 aliphatic heterocycles. The van der Waals surface area contributed by atoms with Crippen molar-refractivity contribution in [3.8, 4) is 5.75 Å². The third-order valence-electron chi connectivity index (χ3n) is 4.91. The van der Waals surface area contributed by atoms with E-state index in [1.54, 1.807) is 6.92 Å². The van der Waals surface area contributed by atoms with Gasteiger partial charge in [0, 0.05) is 17.6 Å². The molecule has 5 heteroatoms. The van der Waals surface area contributed by atoms with E-state index in [4.69, 9.17) is 4.74 Å². The summed E-state index contributed by atoms with van der Waals surface area (Å²) in [6, 6.07) is 15.9. The van der Waals surface area contributed by atoms with Gasteiger partial charge in [0.05, 0.1) is 0 Å². The second-order valence-corrected chi connectivity index (χ2v) is 7.95. The van der Waals surface area contributed by atoms with Crippen LogP contribution in [0.2, 0.25) is 0 Å². The Morgan fingerprint density at radius 3 is 2.44 bits per heavy atom. The van der Waals surface area contributed by atoms with Crippen LogP contribution in [-0.2, 0) is 17.9 Å². The topological polar surface area (TPSA) is 41.6 Å². The fourth-order valence-corrected chi connectivity index (χ4v) is 3.60. The van der Waals surface area contributed by atoms with Crippen molar-refractivity contribution in [3.05, 3.63) is 64.1 Å². The molecule has 27 heavy (non-hydrogen) atoms. The number of carbonyl (C=O) groups excluding carboxylic acids is 1. The highest BCUT2D eigenvalue weighted by atomic mass is 79.9. The van der Waals surface area contributed by atoms with E-state index in [1.807, 2.05) is 30.3 Å². The monoisotopic (exact) mass is 430 g/mol. The first-order chi connectivity index (χ1) is 13.1. The second kappa shape index (κ2) is 9.90. The molecule has 2 aromatic rings. The third kappa shape index (κ3) is 6.08. The smallest absolute Gasteiger partial charge is 0.261 e. The van der Waals surface area contributed by atoms with Crippen molar-refractivity contribution in [2.45, 2.75) is 45.4 Å². The lowest BCUT2D eigenvalue weighted by Gasteiger charge is -2.27. The minimum Gasteiger partial charge on any atom is -0.481 e. The molecule has 0 bridgehead atoms. The van der Waals surface area contributed by atoms with Gasteiger partial charge in [-0.3, -0.25) is 9.69 Å². The lowest BCUT2D eigenvalue weighted by atomic mass is 10.0. The predicted octanol–water partition coefficient (Wildman–Crippen LogP) is 4.52. The molecule has 2 aromatic carbocycles. The number of likely N-dealkylation sites (tertiary alicyclic amines) is 1. The molecule has 144 valence electrons. The number of ether oxygens (including phenoxy) is 1. The zero-order valence-corrected chi connectivity index (χ0v) is 17.4. The van der Waals surface area contributed by atoms with Crippen molar-refractivity contribution in [3.63, 3.8) is 0 Å². The fourth-order valence-electron chi connectivity index (χ4n) is 3.34. The normalized spacial score (nSPS) is 15.9. The number of amides is 1. The maximum atomic E-state index is 12.4. The Kier molecular flexibility index (Phi) is 7.30. The van der Waals surface area contributed by atoms with Crippen molar-refractivity contribution < 1.29 is 9.53 Å². The Morgan fingerprint density at radius 1 is 1.07 bits per heavy atom. The molecule has 1 N–H and O–H groups in total. The van der Waals surface area contributed by atoms with E-state index in [2.05, 4.69) is 44.3 Å². The number of hydrogen-bond donors (Lipinski definition) is 1. The van der Waals surface area contributed by atoms with Crippen molar-refractivity contribution in [1.29, 1.82) is 0 Å². The van der Waals surface area contributed by atoms with Crippen molar-refractivity contribution in [1.82, 2.24) is 10.2 Å². The van der Waals surface area contributed by atoms with Crippen LogP contribution >= 0.6 is 15.9 Å². The summed E-state index contributed by atoms with van der Waals surface area (Å²) in [6.45, 7) is 5.59. The molecule has 0 saturated carbocycles. The van der Waals surface area contributed by atoms with Gasteiger partial charge in [-0.15, -0.1) is 0 Å². The Balaban J connectivity index is 1.54. The van der Waals surface area contributed by atoms with Crippen LogP contribution < -0.4 is 10.1 Å². The van der Waals surface area contributed by atoms with Gasteiger partial charge in [-0.1, -0.05) is 46.6 Å². The number of rotatable bonds is 7. The summed E-state index contributed by atoms with van der Waals surface area (Å²) in [5.41, 5.74) is 2.47. The first kappa shape index (κ1) is 19.9. The Morgan fingerprint density at radius 2 is 1.74 bits per heavy atom. The molecule has 1 fully saturated rings. The zero-order chi connectivity index (χ0) is 19.1. The van der Waals surface area contributed by atoms with Crippen molar-refractivity contribution in [2.75, 3.05) is 13.1 Å².